The van der Waals surface area contributed by atoms with Crippen molar-refractivity contribution in [3.63, 3.8) is 0 Å². The molecule has 0 spiro atoms. The summed E-state index contributed by atoms with van der Waals surface area (Å²) < 4.78 is 5.41. The molecule has 1 N–H and O–H groups in total. The Morgan fingerprint density at radius 3 is 2.40 bits per heavy atom. The molecule has 0 aliphatic carbocycles. The van der Waals surface area contributed by atoms with Gasteiger partial charge >= 0.3 is 0 Å². The van der Waals surface area contributed by atoms with E-state index < -0.39 is 0 Å². The molecule has 15 heavy (non-hydrogen) atoms. The van der Waals surface area contributed by atoms with Gasteiger partial charge in [-0.15, -0.1) is 0 Å². The molecule has 2 nitrogen and oxygen atoms in total. The summed E-state index contributed by atoms with van der Waals surface area (Å²) in [5.74, 6) is 0.834. The zero-order chi connectivity index (χ0) is 11.5. The second-order valence-corrected chi connectivity index (χ2v) is 4.37. The Morgan fingerprint density at radius 2 is 1.87 bits per heavy atom. The first-order valence-corrected chi connectivity index (χ1v) is 6.55. The summed E-state index contributed by atoms with van der Waals surface area (Å²) in [6.45, 7) is 11.7. The van der Waals surface area contributed by atoms with Crippen LogP contribution in [0.15, 0.2) is 0 Å². The van der Waals surface area contributed by atoms with Gasteiger partial charge in [0.2, 0.25) is 0 Å². The predicted octanol–water partition coefficient (Wildman–Crippen LogP) is 3.22. The molecule has 0 saturated heterocycles. The first-order chi connectivity index (χ1) is 7.24. The third-order valence-electron chi connectivity index (χ3n) is 2.78. The predicted molar refractivity (Wildman–Crippen MR) is 67.3 cm³/mol. The smallest absolute Gasteiger partial charge is 0.0480 e. The largest absolute Gasteiger partial charge is 0.382 e. The van der Waals surface area contributed by atoms with Crippen molar-refractivity contribution in [2.45, 2.75) is 59.4 Å². The summed E-state index contributed by atoms with van der Waals surface area (Å²) in [6.07, 6.45) is 5.08. The molecule has 0 fully saturated rings. The van der Waals surface area contributed by atoms with Gasteiger partial charge in [0.1, 0.15) is 0 Å². The van der Waals surface area contributed by atoms with Crippen molar-refractivity contribution in [1.29, 1.82) is 0 Å². The lowest BCUT2D eigenvalue weighted by Crippen LogP contribution is -2.31. The topological polar surface area (TPSA) is 21.3 Å². The second kappa shape index (κ2) is 10.4. The molecule has 0 saturated carbocycles. The van der Waals surface area contributed by atoms with Crippen LogP contribution in [0.4, 0.5) is 0 Å². The highest BCUT2D eigenvalue weighted by atomic mass is 16.5. The lowest BCUT2D eigenvalue weighted by atomic mass is 9.96. The van der Waals surface area contributed by atoms with Gasteiger partial charge in [-0.1, -0.05) is 33.6 Å². The summed E-state index contributed by atoms with van der Waals surface area (Å²) in [5, 5.41) is 3.55. The maximum absolute atomic E-state index is 5.41. The molecule has 0 aromatic heterocycles. The first-order valence-electron chi connectivity index (χ1n) is 6.55. The number of hydrogen-bond donors (Lipinski definition) is 1. The third kappa shape index (κ3) is 8.88. The van der Waals surface area contributed by atoms with Crippen LogP contribution in [0.3, 0.4) is 0 Å². The van der Waals surface area contributed by atoms with Gasteiger partial charge in [0, 0.05) is 19.3 Å². The normalized spacial score (nSPS) is 15.2. The fourth-order valence-corrected chi connectivity index (χ4v) is 2.06. The molecule has 92 valence electrons. The van der Waals surface area contributed by atoms with Crippen LogP contribution in [-0.2, 0) is 4.74 Å². The van der Waals surface area contributed by atoms with Crippen LogP contribution < -0.4 is 5.32 Å². The minimum absolute atomic E-state index is 0.642. The molecule has 2 atom stereocenters. The van der Waals surface area contributed by atoms with Gasteiger partial charge in [0.25, 0.3) is 0 Å². The van der Waals surface area contributed by atoms with E-state index in [0.29, 0.717) is 6.04 Å². The molecule has 0 bridgehead atoms. The molecule has 0 aliphatic rings. The zero-order valence-corrected chi connectivity index (χ0v) is 11.0. The minimum atomic E-state index is 0.642. The van der Waals surface area contributed by atoms with Crippen molar-refractivity contribution < 1.29 is 4.74 Å². The Hall–Kier alpha value is -0.0800. The van der Waals surface area contributed by atoms with Gasteiger partial charge in [0.15, 0.2) is 0 Å². The van der Waals surface area contributed by atoms with Crippen LogP contribution in [0, 0.1) is 5.92 Å². The molecule has 0 amide bonds. The molecule has 0 aromatic carbocycles. The Bertz CT molecular complexity index is 128. The van der Waals surface area contributed by atoms with Crippen LogP contribution in [0.2, 0.25) is 0 Å². The Morgan fingerprint density at radius 1 is 1.13 bits per heavy atom. The second-order valence-electron chi connectivity index (χ2n) is 4.37. The lowest BCUT2D eigenvalue weighted by Gasteiger charge is -2.21. The van der Waals surface area contributed by atoms with Crippen molar-refractivity contribution >= 4 is 0 Å². The van der Waals surface area contributed by atoms with Crippen LogP contribution in [-0.4, -0.2) is 25.8 Å². The summed E-state index contributed by atoms with van der Waals surface area (Å²) in [5.41, 5.74) is 0. The molecular weight excluding hydrogens is 186 g/mol. The van der Waals surface area contributed by atoms with Gasteiger partial charge in [0.05, 0.1) is 0 Å². The molecule has 0 radical (unpaired) electrons. The molecule has 0 rings (SSSR count). The minimum Gasteiger partial charge on any atom is -0.382 e. The SMILES string of the molecule is CCCC(C)CC(CCOCC)NCC. The van der Waals surface area contributed by atoms with E-state index in [0.717, 1.165) is 32.1 Å². The van der Waals surface area contributed by atoms with E-state index in [1.165, 1.54) is 19.3 Å². The van der Waals surface area contributed by atoms with E-state index in [2.05, 4.69) is 33.0 Å². The highest BCUT2D eigenvalue weighted by molar-refractivity contribution is 4.69. The van der Waals surface area contributed by atoms with E-state index in [-0.39, 0.29) is 0 Å². The summed E-state index contributed by atoms with van der Waals surface area (Å²) in [4.78, 5) is 0. The van der Waals surface area contributed by atoms with E-state index in [1.54, 1.807) is 0 Å². The molecule has 0 heterocycles. The average molecular weight is 215 g/mol. The molecular formula is C13H29NO. The molecule has 0 aromatic rings. The van der Waals surface area contributed by atoms with Crippen LogP contribution in [0.5, 0.6) is 0 Å². The summed E-state index contributed by atoms with van der Waals surface area (Å²) in [7, 11) is 0. The maximum atomic E-state index is 5.41. The first kappa shape index (κ1) is 14.9. The van der Waals surface area contributed by atoms with Crippen molar-refractivity contribution in [2.24, 2.45) is 5.92 Å². The van der Waals surface area contributed by atoms with Gasteiger partial charge in [-0.2, -0.15) is 0 Å². The van der Waals surface area contributed by atoms with E-state index in [4.69, 9.17) is 4.74 Å². The van der Waals surface area contributed by atoms with Crippen molar-refractivity contribution in [1.82, 2.24) is 5.32 Å². The standard InChI is InChI=1S/C13H29NO/c1-5-8-12(4)11-13(14-6-2)9-10-15-7-3/h12-14H,5-11H2,1-4H3. The van der Waals surface area contributed by atoms with Crippen molar-refractivity contribution in [2.75, 3.05) is 19.8 Å². The summed E-state index contributed by atoms with van der Waals surface area (Å²) in [6, 6.07) is 0.642. The number of hydrogen-bond acceptors (Lipinski definition) is 2. The van der Waals surface area contributed by atoms with Gasteiger partial charge in [-0.05, 0) is 32.2 Å². The van der Waals surface area contributed by atoms with E-state index in [9.17, 15) is 0 Å². The zero-order valence-electron chi connectivity index (χ0n) is 11.0. The van der Waals surface area contributed by atoms with Crippen molar-refractivity contribution in [3.8, 4) is 0 Å². The highest BCUT2D eigenvalue weighted by Gasteiger charge is 2.11. The lowest BCUT2D eigenvalue weighted by molar-refractivity contribution is 0.133. The highest BCUT2D eigenvalue weighted by Crippen LogP contribution is 2.14. The molecule has 0 aliphatic heterocycles. The van der Waals surface area contributed by atoms with Gasteiger partial charge < -0.3 is 10.1 Å². The molecule has 2 heteroatoms. The Balaban J connectivity index is 3.70. The van der Waals surface area contributed by atoms with E-state index in [1.807, 2.05) is 0 Å². The summed E-state index contributed by atoms with van der Waals surface area (Å²) >= 11 is 0. The quantitative estimate of drug-likeness (QED) is 0.565. The van der Waals surface area contributed by atoms with Crippen LogP contribution in [0.1, 0.15) is 53.4 Å². The fourth-order valence-electron chi connectivity index (χ4n) is 2.06. The number of rotatable bonds is 10. The van der Waals surface area contributed by atoms with Gasteiger partial charge in [-0.3, -0.25) is 0 Å². The average Bonchev–Trinajstić information content (AvgIpc) is 2.18. The van der Waals surface area contributed by atoms with Crippen LogP contribution >= 0.6 is 0 Å². The number of ether oxygens (including phenoxy) is 1. The van der Waals surface area contributed by atoms with Gasteiger partial charge in [-0.25, -0.2) is 0 Å². The maximum Gasteiger partial charge on any atom is 0.0480 e. The Labute approximate surface area is 95.8 Å². The monoisotopic (exact) mass is 215 g/mol. The third-order valence-corrected chi connectivity index (χ3v) is 2.78. The van der Waals surface area contributed by atoms with Crippen LogP contribution in [0.25, 0.3) is 0 Å². The van der Waals surface area contributed by atoms with E-state index >= 15 is 0 Å². The Kier molecular flexibility index (Phi) is 10.4. The molecule has 2 unspecified atom stereocenters. The number of nitrogens with one attached hydrogen (secondary N) is 1. The fraction of sp³-hybridized carbons (Fsp3) is 1.00. The van der Waals surface area contributed by atoms with Crippen molar-refractivity contribution in [3.05, 3.63) is 0 Å².